The molecular weight excluding hydrogens is 581 g/mol. The predicted molar refractivity (Wildman–Crippen MR) is 145 cm³/mol. The van der Waals surface area contributed by atoms with Gasteiger partial charge in [0.1, 0.15) is 11.9 Å². The topological polar surface area (TPSA) is 55.9 Å². The summed E-state index contributed by atoms with van der Waals surface area (Å²) >= 11 is 0. The van der Waals surface area contributed by atoms with Gasteiger partial charge in [-0.1, -0.05) is 0 Å². The molecule has 3 fully saturated rings. The lowest BCUT2D eigenvalue weighted by Crippen LogP contribution is -2.60. The fourth-order valence-electron chi connectivity index (χ4n) is 6.59. The number of fused-ring (bicyclic) bond motifs is 1. The molecule has 0 radical (unpaired) electrons. The Balaban J connectivity index is 1.31. The molecule has 0 saturated carbocycles. The maximum atomic E-state index is 13.9. The van der Waals surface area contributed by atoms with Gasteiger partial charge in [0, 0.05) is 56.9 Å². The molecule has 3 atom stereocenters. The van der Waals surface area contributed by atoms with Gasteiger partial charge in [-0.05, 0) is 80.1 Å². The summed E-state index contributed by atoms with van der Waals surface area (Å²) in [5.74, 6) is -0.668. The molecule has 0 bridgehead atoms. The summed E-state index contributed by atoms with van der Waals surface area (Å²) in [7, 11) is 0. The summed E-state index contributed by atoms with van der Waals surface area (Å²) < 4.78 is 93.6. The number of nitrogens with one attached hydrogen (secondary N) is 1. The Labute approximate surface area is 244 Å². The van der Waals surface area contributed by atoms with Crippen LogP contribution in [0, 0.1) is 12.7 Å². The average Bonchev–Trinajstić information content (AvgIpc) is 3.31. The van der Waals surface area contributed by atoms with Crippen LogP contribution in [-0.4, -0.2) is 72.5 Å². The number of carbonyl (C=O) groups excluding carboxylic acids is 2. The van der Waals surface area contributed by atoms with Crippen molar-refractivity contribution in [1.82, 2.24) is 15.1 Å². The zero-order valence-corrected chi connectivity index (χ0v) is 23.6. The van der Waals surface area contributed by atoms with Crippen molar-refractivity contribution in [3.8, 4) is 0 Å². The van der Waals surface area contributed by atoms with Crippen LogP contribution < -0.4 is 10.2 Å². The second kappa shape index (κ2) is 12.0. The molecule has 1 N–H and O–H groups in total. The van der Waals surface area contributed by atoms with Crippen LogP contribution in [0.5, 0.6) is 0 Å². The van der Waals surface area contributed by atoms with Gasteiger partial charge in [0.15, 0.2) is 0 Å². The molecule has 13 heteroatoms. The molecule has 0 aromatic heterocycles. The van der Waals surface area contributed by atoms with Crippen LogP contribution in [-0.2, 0) is 28.4 Å². The average molecular weight is 615 g/mol. The summed E-state index contributed by atoms with van der Waals surface area (Å²) in [5.41, 5.74) is -1.68. The number of carbonyl (C=O) groups is 2. The predicted octanol–water partition coefficient (Wildman–Crippen LogP) is 5.17. The third kappa shape index (κ3) is 6.91. The van der Waals surface area contributed by atoms with Crippen molar-refractivity contribution in [2.24, 2.45) is 0 Å². The lowest BCUT2D eigenvalue weighted by molar-refractivity contribution is -0.143. The Hall–Kier alpha value is -3.35. The molecule has 3 aliphatic rings. The Kier molecular flexibility index (Phi) is 8.65. The first-order valence-corrected chi connectivity index (χ1v) is 14.3. The van der Waals surface area contributed by atoms with E-state index in [1.165, 1.54) is 12.1 Å². The lowest BCUT2D eigenvalue weighted by atomic mass is 9.92. The van der Waals surface area contributed by atoms with E-state index in [0.29, 0.717) is 62.4 Å². The van der Waals surface area contributed by atoms with E-state index < -0.39 is 41.2 Å². The van der Waals surface area contributed by atoms with Crippen LogP contribution in [0.1, 0.15) is 47.9 Å². The molecule has 3 unspecified atom stereocenters. The molecule has 43 heavy (non-hydrogen) atoms. The first kappa shape index (κ1) is 31.1. The molecule has 234 valence electrons. The third-order valence-corrected chi connectivity index (χ3v) is 8.75. The molecule has 3 heterocycles. The fourth-order valence-corrected chi connectivity index (χ4v) is 6.59. The monoisotopic (exact) mass is 614 g/mol. The highest BCUT2D eigenvalue weighted by molar-refractivity contribution is 5.86. The molecule has 6 nitrogen and oxygen atoms in total. The second-order valence-electron chi connectivity index (χ2n) is 11.5. The maximum absolute atomic E-state index is 13.9. The number of alkyl halides is 6. The van der Waals surface area contributed by atoms with Crippen molar-refractivity contribution in [3.05, 3.63) is 64.5 Å². The van der Waals surface area contributed by atoms with Crippen molar-refractivity contribution in [1.29, 1.82) is 0 Å². The van der Waals surface area contributed by atoms with E-state index in [1.807, 2.05) is 9.80 Å². The molecule has 2 aromatic carbocycles. The van der Waals surface area contributed by atoms with E-state index in [-0.39, 0.29) is 42.6 Å². The third-order valence-electron chi connectivity index (χ3n) is 8.75. The summed E-state index contributed by atoms with van der Waals surface area (Å²) in [6.07, 6.45) is -7.68. The number of rotatable bonds is 6. The maximum Gasteiger partial charge on any atom is 0.416 e. The molecule has 2 aromatic rings. The normalized spacial score (nSPS) is 23.4. The van der Waals surface area contributed by atoms with Crippen LogP contribution in [0.2, 0.25) is 0 Å². The van der Waals surface area contributed by atoms with E-state index >= 15 is 0 Å². The van der Waals surface area contributed by atoms with Gasteiger partial charge in [-0.15, -0.1) is 0 Å². The number of hydrogen-bond donors (Lipinski definition) is 1. The van der Waals surface area contributed by atoms with Crippen LogP contribution in [0.15, 0.2) is 36.4 Å². The number of anilines is 1. The van der Waals surface area contributed by atoms with Crippen molar-refractivity contribution in [3.63, 3.8) is 0 Å². The van der Waals surface area contributed by atoms with Crippen LogP contribution in [0.3, 0.4) is 0 Å². The van der Waals surface area contributed by atoms with Gasteiger partial charge in [-0.3, -0.25) is 14.5 Å². The van der Waals surface area contributed by atoms with E-state index in [0.717, 1.165) is 12.8 Å². The van der Waals surface area contributed by atoms with Gasteiger partial charge in [-0.2, -0.15) is 26.3 Å². The minimum Gasteiger partial charge on any atom is -0.359 e. The number of piperazine rings is 1. The van der Waals surface area contributed by atoms with Crippen LogP contribution >= 0.6 is 0 Å². The van der Waals surface area contributed by atoms with E-state index in [1.54, 1.807) is 13.0 Å². The van der Waals surface area contributed by atoms with Gasteiger partial charge >= 0.3 is 12.4 Å². The number of piperidine rings is 1. The van der Waals surface area contributed by atoms with Gasteiger partial charge in [-0.25, -0.2) is 4.39 Å². The fraction of sp³-hybridized carbons (Fsp3) is 0.533. The zero-order valence-electron chi connectivity index (χ0n) is 23.6. The summed E-state index contributed by atoms with van der Waals surface area (Å²) in [6.45, 7) is 4.06. The Morgan fingerprint density at radius 3 is 2.26 bits per heavy atom. The first-order valence-electron chi connectivity index (χ1n) is 14.3. The Bertz CT molecular complexity index is 1330. The molecule has 3 saturated heterocycles. The highest BCUT2D eigenvalue weighted by atomic mass is 19.4. The Morgan fingerprint density at radius 1 is 0.907 bits per heavy atom. The number of aryl methyl sites for hydroxylation is 1. The Morgan fingerprint density at radius 2 is 1.60 bits per heavy atom. The van der Waals surface area contributed by atoms with E-state index in [2.05, 4.69) is 10.2 Å². The molecular formula is C30H33F7N4O2. The second-order valence-corrected chi connectivity index (χ2v) is 11.5. The van der Waals surface area contributed by atoms with Crippen molar-refractivity contribution in [2.45, 2.75) is 69.5 Å². The van der Waals surface area contributed by atoms with E-state index in [9.17, 15) is 40.3 Å². The summed E-state index contributed by atoms with van der Waals surface area (Å²) in [6, 6.07) is 5.18. The van der Waals surface area contributed by atoms with Crippen molar-refractivity contribution >= 4 is 17.5 Å². The SMILES string of the molecule is Cc1cc(F)ccc1N1CCC(N2CCN3C(=O)CCC3C2)CC1C(=O)NCCc1cc(C(F)(F)F)cc(C(F)(F)F)c1. The van der Waals surface area contributed by atoms with Gasteiger partial charge in [0.05, 0.1) is 11.1 Å². The first-order chi connectivity index (χ1) is 20.2. The number of halogens is 7. The quantitative estimate of drug-likeness (QED) is 0.457. The van der Waals surface area contributed by atoms with Crippen molar-refractivity contribution < 1.29 is 40.3 Å². The van der Waals surface area contributed by atoms with Gasteiger partial charge < -0.3 is 15.1 Å². The molecule has 5 rings (SSSR count). The molecule has 0 spiro atoms. The lowest BCUT2D eigenvalue weighted by Gasteiger charge is -2.47. The largest absolute Gasteiger partial charge is 0.416 e. The summed E-state index contributed by atoms with van der Waals surface area (Å²) in [5, 5.41) is 2.73. The van der Waals surface area contributed by atoms with E-state index in [4.69, 9.17) is 0 Å². The number of amides is 2. The highest BCUT2D eigenvalue weighted by Gasteiger charge is 2.42. The number of hydrogen-bond acceptors (Lipinski definition) is 4. The standard InChI is InChI=1S/C30H33F7N4O2/c1-18-12-22(31)2-4-25(18)41-9-7-23(39-10-11-40-24(17-39)3-5-27(40)42)16-26(41)28(43)38-8-6-19-13-20(29(32,33)34)15-21(14-19)30(35,36)37/h2,4,12-15,23-24,26H,3,5-11,16-17H2,1H3,(H,38,43). The van der Waals surface area contributed by atoms with Crippen molar-refractivity contribution in [2.75, 3.05) is 37.6 Å². The molecule has 3 aliphatic heterocycles. The van der Waals surface area contributed by atoms with Gasteiger partial charge in [0.2, 0.25) is 11.8 Å². The minimum absolute atomic E-state index is 0.0309. The molecule has 0 aliphatic carbocycles. The summed E-state index contributed by atoms with van der Waals surface area (Å²) in [4.78, 5) is 31.8. The number of nitrogens with zero attached hydrogens (tertiary/aromatic N) is 3. The zero-order chi connectivity index (χ0) is 31.1. The minimum atomic E-state index is -4.96. The van der Waals surface area contributed by atoms with Crippen LogP contribution in [0.25, 0.3) is 0 Å². The number of benzene rings is 2. The molecule has 2 amide bonds. The van der Waals surface area contributed by atoms with Crippen LogP contribution in [0.4, 0.5) is 36.4 Å². The highest BCUT2D eigenvalue weighted by Crippen LogP contribution is 2.37. The van der Waals surface area contributed by atoms with Gasteiger partial charge in [0.25, 0.3) is 0 Å². The smallest absolute Gasteiger partial charge is 0.359 e.